The minimum atomic E-state index is -1.83. The van der Waals surface area contributed by atoms with Crippen molar-refractivity contribution in [3.05, 3.63) is 54.1 Å². The summed E-state index contributed by atoms with van der Waals surface area (Å²) in [6, 6.07) is 6.49. The summed E-state index contributed by atoms with van der Waals surface area (Å²) in [5.41, 5.74) is -0.887. The Morgan fingerprint density at radius 1 is 1.25 bits per heavy atom. The van der Waals surface area contributed by atoms with Gasteiger partial charge >= 0.3 is 7.05 Å². The lowest BCUT2D eigenvalue weighted by molar-refractivity contribution is -0.149. The number of aromatic nitrogens is 2. The molecule has 0 aliphatic carbocycles. The van der Waals surface area contributed by atoms with E-state index < -0.39 is 24.4 Å². The minimum absolute atomic E-state index is 0.129. The summed E-state index contributed by atoms with van der Waals surface area (Å²) < 4.78 is 34.4. The Balaban J connectivity index is 1.21. The van der Waals surface area contributed by atoms with Gasteiger partial charge in [-0.25, -0.2) is 18.7 Å². The summed E-state index contributed by atoms with van der Waals surface area (Å²) in [6.45, 7) is 4.16. The molecule has 0 unspecified atom stereocenters. The largest absolute Gasteiger partial charge is 0.474 e. The van der Waals surface area contributed by atoms with Crippen LogP contribution in [-0.4, -0.2) is 82.2 Å². The fourth-order valence-corrected chi connectivity index (χ4v) is 4.55. The van der Waals surface area contributed by atoms with Gasteiger partial charge in [0.15, 0.2) is 5.67 Å². The van der Waals surface area contributed by atoms with E-state index in [-0.39, 0.29) is 18.9 Å². The van der Waals surface area contributed by atoms with Gasteiger partial charge in [-0.05, 0) is 30.6 Å². The fourth-order valence-electron chi connectivity index (χ4n) is 4.55. The predicted molar refractivity (Wildman–Crippen MR) is 135 cm³/mol. The molecule has 8 nitrogen and oxygen atoms in total. The van der Waals surface area contributed by atoms with Crippen molar-refractivity contribution in [2.24, 2.45) is 0 Å². The second-order valence-electron chi connectivity index (χ2n) is 9.39. The molecule has 2 fully saturated rings. The third-order valence-electron chi connectivity index (χ3n) is 6.56. The van der Waals surface area contributed by atoms with Crippen LogP contribution in [0.25, 0.3) is 6.08 Å². The van der Waals surface area contributed by atoms with Crippen LogP contribution in [0.15, 0.2) is 42.7 Å². The number of alkyl halides is 1. The maximum Gasteiger partial charge on any atom is 0.408 e. The van der Waals surface area contributed by atoms with Crippen molar-refractivity contribution < 1.29 is 23.3 Å². The number of pyridine rings is 2. The van der Waals surface area contributed by atoms with Crippen molar-refractivity contribution in [1.29, 1.82) is 0 Å². The van der Waals surface area contributed by atoms with Crippen LogP contribution in [0.1, 0.15) is 31.2 Å². The molecule has 0 atom stereocenters. The molecule has 2 aromatic rings. The highest BCUT2D eigenvalue weighted by Crippen LogP contribution is 2.30. The van der Waals surface area contributed by atoms with Crippen LogP contribution in [0.3, 0.4) is 0 Å². The van der Waals surface area contributed by atoms with Crippen LogP contribution in [0, 0.1) is 5.82 Å². The third-order valence-corrected chi connectivity index (χ3v) is 6.56. The van der Waals surface area contributed by atoms with Crippen LogP contribution in [0.4, 0.5) is 14.6 Å². The molecule has 2 aliphatic rings. The van der Waals surface area contributed by atoms with Gasteiger partial charge in [0.2, 0.25) is 5.88 Å². The molecule has 2 aliphatic heterocycles. The second-order valence-corrected chi connectivity index (χ2v) is 9.39. The van der Waals surface area contributed by atoms with Crippen LogP contribution < -0.4 is 9.96 Å². The first-order chi connectivity index (χ1) is 17.3. The summed E-state index contributed by atoms with van der Waals surface area (Å²) in [5.74, 6) is 0.0943. The fraction of sp³-hybridized carbons (Fsp3) is 0.480. The second kappa shape index (κ2) is 11.8. The van der Waals surface area contributed by atoms with Gasteiger partial charge in [-0.3, -0.25) is 9.69 Å². The molecule has 0 spiro atoms. The lowest BCUT2D eigenvalue weighted by atomic mass is 9.89. The Kier molecular flexibility index (Phi) is 8.53. The smallest absolute Gasteiger partial charge is 0.408 e. The zero-order chi connectivity index (χ0) is 25.5. The van der Waals surface area contributed by atoms with E-state index in [2.05, 4.69) is 20.1 Å². The van der Waals surface area contributed by atoms with Gasteiger partial charge < -0.3 is 19.9 Å². The number of anilines is 1. The first-order valence-corrected chi connectivity index (χ1v) is 12.4. The van der Waals surface area contributed by atoms with Crippen molar-refractivity contribution in [3.8, 4) is 5.88 Å². The molecule has 0 radical (unpaired) electrons. The average Bonchev–Trinajstić information content (AvgIpc) is 2.87. The van der Waals surface area contributed by atoms with Gasteiger partial charge in [-0.2, -0.15) is 0 Å². The summed E-state index contributed by atoms with van der Waals surface area (Å²) in [4.78, 5) is 24.8. The number of carbonyl (C=O) groups excluding carboxylic acids is 1. The number of hydrogen-bond donors (Lipinski definition) is 2. The number of halogens is 2. The molecule has 2 saturated heterocycles. The topological polar surface area (TPSA) is 90.8 Å². The zero-order valence-corrected chi connectivity index (χ0v) is 20.4. The SMILES string of the molecule is CB(O)Nc1cc(C=CCN2CCC(F)(C(=O)N3CCC(Oc4ccc(F)cn4)CC3)CC2)ccn1. The molecule has 4 rings (SSSR count). The molecule has 4 heterocycles. The number of nitrogens with one attached hydrogen (secondary N) is 1. The quantitative estimate of drug-likeness (QED) is 0.540. The molecule has 2 aromatic heterocycles. The zero-order valence-electron chi connectivity index (χ0n) is 20.4. The summed E-state index contributed by atoms with van der Waals surface area (Å²) in [7, 11) is -0.688. The summed E-state index contributed by atoms with van der Waals surface area (Å²) in [5, 5.41) is 12.3. The molecular weight excluding hydrogens is 467 g/mol. The van der Waals surface area contributed by atoms with Crippen LogP contribution in [-0.2, 0) is 4.79 Å². The average molecular weight is 499 g/mol. The summed E-state index contributed by atoms with van der Waals surface area (Å²) >= 11 is 0. The molecule has 0 aromatic carbocycles. The molecule has 0 saturated carbocycles. The molecular formula is C25H32BF2N5O3. The van der Waals surface area contributed by atoms with E-state index in [9.17, 15) is 14.2 Å². The van der Waals surface area contributed by atoms with E-state index in [1.165, 1.54) is 12.1 Å². The third kappa shape index (κ3) is 7.01. The molecule has 36 heavy (non-hydrogen) atoms. The van der Waals surface area contributed by atoms with E-state index in [1.807, 2.05) is 24.3 Å². The van der Waals surface area contributed by atoms with Crippen LogP contribution in [0.2, 0.25) is 6.82 Å². The Labute approximate surface area is 210 Å². The van der Waals surface area contributed by atoms with Crippen molar-refractivity contribution in [1.82, 2.24) is 19.8 Å². The number of hydrogen-bond acceptors (Lipinski definition) is 7. The van der Waals surface area contributed by atoms with Gasteiger partial charge in [-0.1, -0.05) is 12.2 Å². The van der Waals surface area contributed by atoms with Crippen molar-refractivity contribution >= 4 is 24.9 Å². The Morgan fingerprint density at radius 2 is 2.00 bits per heavy atom. The Morgan fingerprint density at radius 3 is 2.67 bits per heavy atom. The van der Waals surface area contributed by atoms with Gasteiger partial charge in [0.05, 0.1) is 6.20 Å². The number of likely N-dealkylation sites (tertiary alicyclic amines) is 2. The highest BCUT2D eigenvalue weighted by molar-refractivity contribution is 6.52. The molecule has 11 heteroatoms. The lowest BCUT2D eigenvalue weighted by Gasteiger charge is -2.40. The number of nitrogens with zero attached hydrogens (tertiary/aromatic N) is 4. The Hall–Kier alpha value is -3.05. The van der Waals surface area contributed by atoms with E-state index >= 15 is 4.39 Å². The Bertz CT molecular complexity index is 1040. The predicted octanol–water partition coefficient (Wildman–Crippen LogP) is 3.03. The highest BCUT2D eigenvalue weighted by atomic mass is 19.1. The van der Waals surface area contributed by atoms with Crippen molar-refractivity contribution in [2.45, 2.75) is 44.3 Å². The van der Waals surface area contributed by atoms with Gasteiger partial charge in [-0.15, -0.1) is 0 Å². The van der Waals surface area contributed by atoms with Crippen molar-refractivity contribution in [3.63, 3.8) is 0 Å². The normalized spacial score (nSPS) is 18.8. The molecule has 1 amide bonds. The first kappa shape index (κ1) is 26.0. The maximum atomic E-state index is 15.6. The number of ether oxygens (including phenoxy) is 1. The van der Waals surface area contributed by atoms with E-state index in [1.54, 1.807) is 17.9 Å². The number of rotatable bonds is 8. The van der Waals surface area contributed by atoms with Gasteiger partial charge in [0.1, 0.15) is 17.7 Å². The lowest BCUT2D eigenvalue weighted by Crippen LogP contribution is -2.54. The maximum absolute atomic E-state index is 15.6. The molecule has 192 valence electrons. The van der Waals surface area contributed by atoms with Gasteiger partial charge in [0, 0.05) is 70.7 Å². The van der Waals surface area contributed by atoms with Crippen molar-refractivity contribution in [2.75, 3.05) is 38.0 Å². The van der Waals surface area contributed by atoms with E-state index in [4.69, 9.17) is 4.74 Å². The van der Waals surface area contributed by atoms with Gasteiger partial charge in [0.25, 0.3) is 5.91 Å². The highest BCUT2D eigenvalue weighted by Gasteiger charge is 2.44. The van der Waals surface area contributed by atoms with Crippen LogP contribution in [0.5, 0.6) is 5.88 Å². The monoisotopic (exact) mass is 499 g/mol. The molecule has 2 N–H and O–H groups in total. The number of carbonyl (C=O) groups is 1. The first-order valence-electron chi connectivity index (χ1n) is 12.4. The molecule has 0 bridgehead atoms. The standard InChI is InChI=1S/C25H32BF2N5O3/c1-26(35)31-22-17-19(6-11-29-22)3-2-12-32-15-9-25(28,10-16-32)24(34)33-13-7-21(8-14-33)36-23-5-4-20(27)18-30-23/h2-6,11,17-18,21,35H,7-10,12-16H2,1H3,(H,29,31). The number of amides is 1. The van der Waals surface area contributed by atoms with E-state index in [0.29, 0.717) is 57.3 Å². The summed E-state index contributed by atoms with van der Waals surface area (Å²) in [6.07, 6.45) is 8.14. The minimum Gasteiger partial charge on any atom is -0.474 e. The van der Waals surface area contributed by atoms with E-state index in [0.717, 1.165) is 11.8 Å². The van der Waals surface area contributed by atoms with Crippen LogP contribution >= 0.6 is 0 Å². The number of piperidine rings is 2.